The first-order valence-corrected chi connectivity index (χ1v) is 9.99. The number of aromatic nitrogens is 6. The molecule has 152 valence electrons. The van der Waals surface area contributed by atoms with Gasteiger partial charge in [-0.15, -0.1) is 5.10 Å². The Bertz CT molecular complexity index is 1260. The lowest BCUT2D eigenvalue weighted by Crippen LogP contribution is -2.31. The second-order valence-corrected chi connectivity index (χ2v) is 8.04. The maximum absolute atomic E-state index is 9.33. The number of pyridine rings is 1. The summed E-state index contributed by atoms with van der Waals surface area (Å²) in [6.07, 6.45) is 8.95. The van der Waals surface area contributed by atoms with Gasteiger partial charge in [0.1, 0.15) is 11.8 Å². The number of methoxy groups -OCH3 is 1. The van der Waals surface area contributed by atoms with Gasteiger partial charge in [0.05, 0.1) is 18.6 Å². The summed E-state index contributed by atoms with van der Waals surface area (Å²) in [4.78, 5) is 8.81. The van der Waals surface area contributed by atoms with Crippen LogP contribution in [0.15, 0.2) is 36.9 Å². The zero-order valence-corrected chi connectivity index (χ0v) is 16.9. The summed E-state index contributed by atoms with van der Waals surface area (Å²) in [5.41, 5.74) is 3.29. The lowest BCUT2D eigenvalue weighted by atomic mass is 9.75. The minimum absolute atomic E-state index is 0.221. The third-order valence-electron chi connectivity index (χ3n) is 5.95. The van der Waals surface area contributed by atoms with Gasteiger partial charge in [0, 0.05) is 29.6 Å². The summed E-state index contributed by atoms with van der Waals surface area (Å²) < 4.78 is 9.14. The van der Waals surface area contributed by atoms with Crippen molar-refractivity contribution in [1.82, 2.24) is 29.2 Å². The van der Waals surface area contributed by atoms with Crippen LogP contribution in [0.2, 0.25) is 0 Å². The molecule has 1 saturated carbocycles. The predicted molar refractivity (Wildman–Crippen MR) is 111 cm³/mol. The summed E-state index contributed by atoms with van der Waals surface area (Å²) >= 11 is 0. The van der Waals surface area contributed by atoms with Crippen molar-refractivity contribution >= 4 is 17.1 Å². The highest BCUT2D eigenvalue weighted by molar-refractivity contribution is 5.84. The van der Waals surface area contributed by atoms with Crippen molar-refractivity contribution in [2.75, 3.05) is 12.4 Å². The fourth-order valence-corrected chi connectivity index (χ4v) is 4.10. The largest absolute Gasteiger partial charge is 0.479 e. The van der Waals surface area contributed by atoms with Crippen LogP contribution in [0.5, 0.6) is 5.88 Å². The van der Waals surface area contributed by atoms with Crippen LogP contribution in [0.1, 0.15) is 32.6 Å². The highest BCUT2D eigenvalue weighted by Crippen LogP contribution is 2.36. The number of anilines is 1. The second kappa shape index (κ2) is 6.99. The minimum Gasteiger partial charge on any atom is -0.479 e. The summed E-state index contributed by atoms with van der Waals surface area (Å²) in [5.74, 6) is 1.03. The van der Waals surface area contributed by atoms with Crippen molar-refractivity contribution in [1.29, 1.82) is 5.26 Å². The number of hydrogen-bond acceptors (Lipinski definition) is 7. The van der Waals surface area contributed by atoms with Crippen molar-refractivity contribution in [3.63, 3.8) is 0 Å². The first-order valence-electron chi connectivity index (χ1n) is 9.99. The molecule has 1 aliphatic carbocycles. The van der Waals surface area contributed by atoms with E-state index < -0.39 is 0 Å². The predicted octanol–water partition coefficient (Wildman–Crippen LogP) is 3.33. The molecule has 0 spiro atoms. The average Bonchev–Trinajstić information content (AvgIpc) is 3.41. The van der Waals surface area contributed by atoms with E-state index in [1.807, 2.05) is 37.5 Å². The quantitative estimate of drug-likeness (QED) is 0.558. The van der Waals surface area contributed by atoms with Gasteiger partial charge in [-0.3, -0.25) is 0 Å². The van der Waals surface area contributed by atoms with Crippen molar-refractivity contribution in [2.45, 2.75) is 38.6 Å². The maximum atomic E-state index is 9.33. The summed E-state index contributed by atoms with van der Waals surface area (Å²) in [6, 6.07) is 8.61. The van der Waals surface area contributed by atoms with Crippen molar-refractivity contribution < 1.29 is 4.74 Å². The van der Waals surface area contributed by atoms with E-state index in [-0.39, 0.29) is 11.5 Å². The molecule has 1 N–H and O–H groups in total. The van der Waals surface area contributed by atoms with Crippen LogP contribution in [0, 0.1) is 16.7 Å². The first-order chi connectivity index (χ1) is 14.6. The van der Waals surface area contributed by atoms with Gasteiger partial charge < -0.3 is 10.1 Å². The van der Waals surface area contributed by atoms with E-state index >= 15 is 0 Å². The van der Waals surface area contributed by atoms with E-state index in [0.717, 1.165) is 48.0 Å². The molecule has 0 amide bonds. The molecular formula is C21H22N8O. The van der Waals surface area contributed by atoms with E-state index in [0.29, 0.717) is 11.8 Å². The van der Waals surface area contributed by atoms with E-state index in [1.165, 1.54) is 6.33 Å². The smallest absolute Gasteiger partial charge is 0.244 e. The van der Waals surface area contributed by atoms with Crippen molar-refractivity contribution in [3.05, 3.63) is 36.9 Å². The summed E-state index contributed by atoms with van der Waals surface area (Å²) in [5, 5.41) is 21.6. The molecule has 1 aliphatic rings. The van der Waals surface area contributed by atoms with Gasteiger partial charge in [-0.05, 0) is 50.8 Å². The van der Waals surface area contributed by atoms with Crippen molar-refractivity contribution in [3.8, 4) is 23.1 Å². The van der Waals surface area contributed by atoms with Crippen LogP contribution in [0.3, 0.4) is 0 Å². The van der Waals surface area contributed by atoms with E-state index in [1.54, 1.807) is 16.1 Å². The topological polar surface area (TPSA) is 105 Å². The van der Waals surface area contributed by atoms with E-state index in [2.05, 4.69) is 31.6 Å². The van der Waals surface area contributed by atoms with Crippen LogP contribution in [0.4, 0.5) is 5.95 Å². The molecule has 1 fully saturated rings. The number of ether oxygens (including phenoxy) is 1. The maximum Gasteiger partial charge on any atom is 0.244 e. The molecule has 0 bridgehead atoms. The molecule has 9 heteroatoms. The molecule has 0 radical (unpaired) electrons. The van der Waals surface area contributed by atoms with E-state index in [4.69, 9.17) is 4.74 Å². The van der Waals surface area contributed by atoms with Gasteiger partial charge in [0.15, 0.2) is 5.65 Å². The average molecular weight is 402 g/mol. The second-order valence-electron chi connectivity index (χ2n) is 8.04. The molecule has 9 nitrogen and oxygen atoms in total. The van der Waals surface area contributed by atoms with Crippen molar-refractivity contribution in [2.24, 2.45) is 5.41 Å². The zero-order chi connectivity index (χ0) is 20.7. The number of nitriles is 1. The molecule has 0 aromatic carbocycles. The van der Waals surface area contributed by atoms with E-state index in [9.17, 15) is 5.26 Å². The number of nitrogens with one attached hydrogen (secondary N) is 1. The standard InChI is InChI=1S/C21H22N8O/c1-21(12-22)8-5-15(6-9-21)25-20-26-19(30-2)18-16(7-10-28(18)27-20)14-3-4-17-23-13-24-29(17)11-14/h3-4,7,10-11,13,15H,5-6,8-9H2,1-2H3,(H,25,27)/t15-,21-. The van der Waals surface area contributed by atoms with Gasteiger partial charge >= 0.3 is 0 Å². The lowest BCUT2D eigenvalue weighted by molar-refractivity contribution is 0.279. The molecule has 0 aliphatic heterocycles. The normalized spacial score (nSPS) is 21.6. The molecule has 0 saturated heterocycles. The number of hydrogen-bond donors (Lipinski definition) is 1. The number of nitrogens with zero attached hydrogens (tertiary/aromatic N) is 7. The zero-order valence-electron chi connectivity index (χ0n) is 16.9. The molecule has 0 unspecified atom stereocenters. The fourth-order valence-electron chi connectivity index (χ4n) is 4.10. The Morgan fingerprint density at radius 1 is 1.23 bits per heavy atom. The Labute approximate surface area is 173 Å². The molecule has 4 heterocycles. The Kier molecular flexibility index (Phi) is 4.28. The molecule has 4 aromatic rings. The minimum atomic E-state index is -0.221. The Balaban J connectivity index is 1.46. The summed E-state index contributed by atoms with van der Waals surface area (Å²) in [6.45, 7) is 2.03. The number of rotatable bonds is 4. The number of fused-ring (bicyclic) bond motifs is 2. The Hall–Kier alpha value is -3.67. The van der Waals surface area contributed by atoms with Crippen LogP contribution < -0.4 is 10.1 Å². The third-order valence-corrected chi connectivity index (χ3v) is 5.95. The van der Waals surface area contributed by atoms with Gasteiger partial charge in [-0.25, -0.2) is 14.0 Å². The monoisotopic (exact) mass is 402 g/mol. The van der Waals surface area contributed by atoms with Crippen LogP contribution in [-0.2, 0) is 0 Å². The molecule has 4 aromatic heterocycles. The molecular weight excluding hydrogens is 380 g/mol. The highest BCUT2D eigenvalue weighted by Gasteiger charge is 2.31. The van der Waals surface area contributed by atoms with Gasteiger partial charge in [-0.1, -0.05) is 0 Å². The van der Waals surface area contributed by atoms with Gasteiger partial charge in [0.25, 0.3) is 0 Å². The van der Waals surface area contributed by atoms with Crippen LogP contribution >= 0.6 is 0 Å². The van der Waals surface area contributed by atoms with Crippen LogP contribution in [-0.4, -0.2) is 42.3 Å². The fraction of sp³-hybridized carbons (Fsp3) is 0.381. The SMILES string of the molecule is COc1nc(N[C@H]2CC[C@](C)(C#N)CC2)nn2ccc(-c3ccc4ncnn4c3)c12. The third kappa shape index (κ3) is 3.10. The van der Waals surface area contributed by atoms with Gasteiger partial charge in [-0.2, -0.15) is 15.3 Å². The molecule has 0 atom stereocenters. The first kappa shape index (κ1) is 18.4. The molecule has 30 heavy (non-hydrogen) atoms. The molecule has 5 rings (SSSR count). The lowest BCUT2D eigenvalue weighted by Gasteiger charge is -2.32. The highest BCUT2D eigenvalue weighted by atomic mass is 16.5. The Morgan fingerprint density at radius 2 is 2.07 bits per heavy atom. The Morgan fingerprint density at radius 3 is 2.83 bits per heavy atom. The van der Waals surface area contributed by atoms with Crippen LogP contribution in [0.25, 0.3) is 22.3 Å². The summed E-state index contributed by atoms with van der Waals surface area (Å²) in [7, 11) is 1.61. The van der Waals surface area contributed by atoms with Gasteiger partial charge in [0.2, 0.25) is 11.8 Å².